The molecule has 0 radical (unpaired) electrons. The standard InChI is InChI=1S/C24H24ClN3O4S/c1-17-11-12-21(33(31,32)26-15-18-7-4-3-5-8-18)14-22(17)24(30)28(2)16-23(29)27-20-10-6-9-19(25)13-20/h3-14,26H,15-16H2,1-2H3,(H,27,29). The number of carbonyl (C=O) groups excluding carboxylic acids is 2. The van der Waals surface area contributed by atoms with Gasteiger partial charge >= 0.3 is 0 Å². The Morgan fingerprint density at radius 1 is 0.970 bits per heavy atom. The van der Waals surface area contributed by atoms with Gasteiger partial charge in [-0.2, -0.15) is 0 Å². The number of amides is 2. The molecule has 0 fully saturated rings. The Hall–Kier alpha value is -3.20. The van der Waals surface area contributed by atoms with Gasteiger partial charge in [-0.1, -0.05) is 54.1 Å². The summed E-state index contributed by atoms with van der Waals surface area (Å²) >= 11 is 5.92. The molecule has 0 heterocycles. The van der Waals surface area contributed by atoms with Crippen LogP contribution in [0, 0.1) is 6.92 Å². The van der Waals surface area contributed by atoms with Gasteiger partial charge < -0.3 is 10.2 Å². The lowest BCUT2D eigenvalue weighted by Gasteiger charge is -2.19. The Kier molecular flexibility index (Phi) is 7.86. The molecular weight excluding hydrogens is 462 g/mol. The third-order valence-corrected chi connectivity index (χ3v) is 6.53. The molecule has 7 nitrogen and oxygen atoms in total. The first kappa shape index (κ1) is 24.4. The molecule has 3 aromatic rings. The number of hydrogen-bond acceptors (Lipinski definition) is 4. The van der Waals surface area contributed by atoms with Crippen LogP contribution < -0.4 is 10.0 Å². The number of nitrogens with zero attached hydrogens (tertiary/aromatic N) is 1. The number of hydrogen-bond donors (Lipinski definition) is 2. The maximum absolute atomic E-state index is 13.0. The summed E-state index contributed by atoms with van der Waals surface area (Å²) in [6, 6.07) is 20.2. The highest BCUT2D eigenvalue weighted by molar-refractivity contribution is 7.89. The number of halogens is 1. The van der Waals surface area contributed by atoms with Crippen molar-refractivity contribution in [1.82, 2.24) is 9.62 Å². The van der Waals surface area contributed by atoms with Crippen LogP contribution in [0.4, 0.5) is 5.69 Å². The molecule has 172 valence electrons. The predicted octanol–water partition coefficient (Wildman–Crippen LogP) is 3.84. The van der Waals surface area contributed by atoms with E-state index in [9.17, 15) is 18.0 Å². The van der Waals surface area contributed by atoms with E-state index in [1.54, 1.807) is 37.3 Å². The van der Waals surface area contributed by atoms with Gasteiger partial charge in [0.05, 0.1) is 11.4 Å². The Balaban J connectivity index is 1.70. The predicted molar refractivity (Wildman–Crippen MR) is 129 cm³/mol. The van der Waals surface area contributed by atoms with E-state index in [0.29, 0.717) is 16.3 Å². The molecule has 0 aliphatic rings. The fourth-order valence-corrected chi connectivity index (χ4v) is 4.35. The van der Waals surface area contributed by atoms with Crippen LogP contribution in [0.5, 0.6) is 0 Å². The largest absolute Gasteiger partial charge is 0.332 e. The summed E-state index contributed by atoms with van der Waals surface area (Å²) in [6.07, 6.45) is 0. The minimum Gasteiger partial charge on any atom is -0.332 e. The molecule has 2 N–H and O–H groups in total. The van der Waals surface area contributed by atoms with Crippen molar-refractivity contribution in [2.24, 2.45) is 0 Å². The summed E-state index contributed by atoms with van der Waals surface area (Å²) in [5.41, 5.74) is 2.14. The number of benzene rings is 3. The van der Waals surface area contributed by atoms with E-state index in [1.807, 2.05) is 30.3 Å². The molecule has 3 aromatic carbocycles. The second kappa shape index (κ2) is 10.6. The molecule has 0 aromatic heterocycles. The highest BCUT2D eigenvalue weighted by Gasteiger charge is 2.21. The summed E-state index contributed by atoms with van der Waals surface area (Å²) in [7, 11) is -2.36. The molecule has 0 aliphatic heterocycles. The summed E-state index contributed by atoms with van der Waals surface area (Å²) in [6.45, 7) is 1.62. The van der Waals surface area contributed by atoms with E-state index in [1.165, 1.54) is 24.1 Å². The summed E-state index contributed by atoms with van der Waals surface area (Å²) in [5.74, 6) is -0.868. The van der Waals surface area contributed by atoms with E-state index in [4.69, 9.17) is 11.6 Å². The first-order valence-corrected chi connectivity index (χ1v) is 12.0. The first-order chi connectivity index (χ1) is 15.7. The Morgan fingerprint density at radius 2 is 1.70 bits per heavy atom. The number of likely N-dealkylation sites (N-methyl/N-ethyl adjacent to an activating group) is 1. The quantitative estimate of drug-likeness (QED) is 0.506. The molecule has 0 bridgehead atoms. The third-order valence-electron chi connectivity index (χ3n) is 4.89. The van der Waals surface area contributed by atoms with E-state index in [2.05, 4.69) is 10.0 Å². The van der Waals surface area contributed by atoms with Crippen molar-refractivity contribution >= 4 is 39.1 Å². The Morgan fingerprint density at radius 3 is 2.39 bits per heavy atom. The van der Waals surface area contributed by atoms with Crippen molar-refractivity contribution in [2.75, 3.05) is 18.9 Å². The fourth-order valence-electron chi connectivity index (χ4n) is 3.12. The van der Waals surface area contributed by atoms with Gasteiger partial charge in [-0.3, -0.25) is 9.59 Å². The van der Waals surface area contributed by atoms with Gasteiger partial charge in [0.15, 0.2) is 0 Å². The summed E-state index contributed by atoms with van der Waals surface area (Å²) in [5, 5.41) is 3.16. The van der Waals surface area contributed by atoms with Crippen LogP contribution in [0.15, 0.2) is 77.7 Å². The average molecular weight is 486 g/mol. The van der Waals surface area contributed by atoms with Crippen LogP contribution >= 0.6 is 11.6 Å². The molecule has 3 rings (SSSR count). The maximum Gasteiger partial charge on any atom is 0.254 e. The van der Waals surface area contributed by atoms with Crippen LogP contribution in [0.25, 0.3) is 0 Å². The second-order valence-electron chi connectivity index (χ2n) is 7.51. The monoisotopic (exact) mass is 485 g/mol. The number of rotatable bonds is 8. The Bertz CT molecular complexity index is 1260. The molecule has 0 unspecified atom stereocenters. The minimum absolute atomic E-state index is 0.0239. The van der Waals surface area contributed by atoms with Gasteiger partial charge in [-0.05, 0) is 48.4 Å². The van der Waals surface area contributed by atoms with Crippen molar-refractivity contribution in [1.29, 1.82) is 0 Å². The number of sulfonamides is 1. The molecule has 0 spiro atoms. The maximum atomic E-state index is 13.0. The van der Waals surface area contributed by atoms with Crippen LogP contribution in [0.3, 0.4) is 0 Å². The number of nitrogens with one attached hydrogen (secondary N) is 2. The van der Waals surface area contributed by atoms with Crippen molar-refractivity contribution in [3.63, 3.8) is 0 Å². The minimum atomic E-state index is -3.84. The molecule has 0 aliphatic carbocycles. The zero-order valence-electron chi connectivity index (χ0n) is 18.2. The first-order valence-electron chi connectivity index (χ1n) is 10.1. The SMILES string of the molecule is Cc1ccc(S(=O)(=O)NCc2ccccc2)cc1C(=O)N(C)CC(=O)Nc1cccc(Cl)c1. The van der Waals surface area contributed by atoms with Gasteiger partial charge in [0.2, 0.25) is 15.9 Å². The smallest absolute Gasteiger partial charge is 0.254 e. The van der Waals surface area contributed by atoms with Crippen molar-refractivity contribution in [2.45, 2.75) is 18.4 Å². The lowest BCUT2D eigenvalue weighted by molar-refractivity contribution is -0.116. The zero-order chi connectivity index (χ0) is 24.0. The second-order valence-corrected chi connectivity index (χ2v) is 9.71. The Labute approximate surface area is 198 Å². The molecule has 9 heteroatoms. The van der Waals surface area contributed by atoms with E-state index >= 15 is 0 Å². The fraction of sp³-hybridized carbons (Fsp3) is 0.167. The molecule has 0 saturated carbocycles. The van der Waals surface area contributed by atoms with Crippen LogP contribution in [0.2, 0.25) is 5.02 Å². The van der Waals surface area contributed by atoms with Crippen molar-refractivity contribution in [3.05, 3.63) is 94.5 Å². The van der Waals surface area contributed by atoms with Crippen LogP contribution in [-0.4, -0.2) is 38.7 Å². The van der Waals surface area contributed by atoms with Crippen LogP contribution in [0.1, 0.15) is 21.5 Å². The molecular formula is C24H24ClN3O4S. The lowest BCUT2D eigenvalue weighted by Crippen LogP contribution is -2.35. The van der Waals surface area contributed by atoms with E-state index in [0.717, 1.165) is 5.56 Å². The summed E-state index contributed by atoms with van der Waals surface area (Å²) < 4.78 is 28.1. The highest BCUT2D eigenvalue weighted by atomic mass is 35.5. The molecule has 2 amide bonds. The van der Waals surface area contributed by atoms with Gasteiger partial charge in [-0.25, -0.2) is 13.1 Å². The van der Waals surface area contributed by atoms with Crippen LogP contribution in [-0.2, 0) is 21.4 Å². The number of anilines is 1. The molecule has 0 saturated heterocycles. The summed E-state index contributed by atoms with van der Waals surface area (Å²) in [4.78, 5) is 26.5. The zero-order valence-corrected chi connectivity index (χ0v) is 19.8. The van der Waals surface area contributed by atoms with Gasteiger partial charge in [0.1, 0.15) is 0 Å². The lowest BCUT2D eigenvalue weighted by atomic mass is 10.1. The van der Waals surface area contributed by atoms with E-state index < -0.39 is 21.8 Å². The topological polar surface area (TPSA) is 95.6 Å². The highest BCUT2D eigenvalue weighted by Crippen LogP contribution is 2.18. The van der Waals surface area contributed by atoms with Gasteiger partial charge in [0, 0.05) is 29.9 Å². The van der Waals surface area contributed by atoms with Gasteiger partial charge in [-0.15, -0.1) is 0 Å². The molecule has 0 atom stereocenters. The molecule has 33 heavy (non-hydrogen) atoms. The normalized spacial score (nSPS) is 11.1. The van der Waals surface area contributed by atoms with Crippen molar-refractivity contribution in [3.8, 4) is 0 Å². The van der Waals surface area contributed by atoms with Crippen molar-refractivity contribution < 1.29 is 18.0 Å². The average Bonchev–Trinajstić information content (AvgIpc) is 2.78. The third kappa shape index (κ3) is 6.64. The van der Waals surface area contributed by atoms with E-state index in [-0.39, 0.29) is 23.5 Å². The number of carbonyl (C=O) groups is 2. The number of aryl methyl sites for hydroxylation is 1. The van der Waals surface area contributed by atoms with Gasteiger partial charge in [0.25, 0.3) is 5.91 Å².